The van der Waals surface area contributed by atoms with Crippen molar-refractivity contribution in [3.63, 3.8) is 0 Å². The highest BCUT2D eigenvalue weighted by molar-refractivity contribution is 5.83. The maximum absolute atomic E-state index is 15.2. The van der Waals surface area contributed by atoms with Crippen LogP contribution in [0.15, 0.2) is 41.7 Å². The Hall–Kier alpha value is -3.22. The van der Waals surface area contributed by atoms with Gasteiger partial charge in [-0.15, -0.1) is 0 Å². The maximum Gasteiger partial charge on any atom is 0.257 e. The van der Waals surface area contributed by atoms with Gasteiger partial charge in [-0.25, -0.2) is 13.2 Å². The summed E-state index contributed by atoms with van der Waals surface area (Å²) in [5.74, 6) is -2.11. The Morgan fingerprint density at radius 2 is 1.94 bits per heavy atom. The zero-order chi connectivity index (χ0) is 23.0. The second-order valence-electron chi connectivity index (χ2n) is 7.70. The SMILES string of the molecule is C=C(C)Oc1c(/C=C(/F)C(=C)c2cc(F)c(N)cc2F)c(C)n(C2CC2)c(=O)c1CC. The molecule has 1 heterocycles. The van der Waals surface area contributed by atoms with Crippen molar-refractivity contribution in [1.29, 1.82) is 0 Å². The van der Waals surface area contributed by atoms with Crippen molar-refractivity contribution < 1.29 is 17.9 Å². The molecule has 1 fully saturated rings. The predicted octanol–water partition coefficient (Wildman–Crippen LogP) is 5.85. The van der Waals surface area contributed by atoms with E-state index in [2.05, 4.69) is 13.2 Å². The van der Waals surface area contributed by atoms with Crippen LogP contribution in [0.1, 0.15) is 55.1 Å². The Labute approximate surface area is 179 Å². The minimum Gasteiger partial charge on any atom is -0.461 e. The van der Waals surface area contributed by atoms with E-state index in [0.29, 0.717) is 29.0 Å². The van der Waals surface area contributed by atoms with E-state index in [1.165, 1.54) is 0 Å². The van der Waals surface area contributed by atoms with E-state index in [1.54, 1.807) is 18.4 Å². The summed E-state index contributed by atoms with van der Waals surface area (Å²) in [5.41, 5.74) is 5.37. The Morgan fingerprint density at radius 1 is 1.29 bits per heavy atom. The monoisotopic (exact) mass is 430 g/mol. The third-order valence-corrected chi connectivity index (χ3v) is 5.26. The molecule has 0 unspecified atom stereocenters. The first kappa shape index (κ1) is 22.5. The molecule has 0 bridgehead atoms. The third-order valence-electron chi connectivity index (χ3n) is 5.26. The summed E-state index contributed by atoms with van der Waals surface area (Å²) in [6.07, 6.45) is 3.23. The van der Waals surface area contributed by atoms with E-state index in [1.807, 2.05) is 6.92 Å². The first-order chi connectivity index (χ1) is 14.6. The van der Waals surface area contributed by atoms with Gasteiger partial charge in [-0.1, -0.05) is 20.1 Å². The molecule has 2 N–H and O–H groups in total. The Balaban J connectivity index is 2.21. The fourth-order valence-corrected chi connectivity index (χ4v) is 3.53. The number of nitrogen functional groups attached to an aromatic ring is 1. The van der Waals surface area contributed by atoms with Gasteiger partial charge in [0.2, 0.25) is 0 Å². The van der Waals surface area contributed by atoms with Crippen LogP contribution in [0.4, 0.5) is 18.9 Å². The number of rotatable bonds is 7. The minimum atomic E-state index is -0.889. The van der Waals surface area contributed by atoms with Crippen molar-refractivity contribution in [2.45, 2.75) is 46.1 Å². The number of anilines is 1. The summed E-state index contributed by atoms with van der Waals surface area (Å²) in [6, 6.07) is 1.65. The normalized spacial score (nSPS) is 13.9. The van der Waals surface area contributed by atoms with Crippen molar-refractivity contribution >= 4 is 17.3 Å². The quantitative estimate of drug-likeness (QED) is 0.341. The highest BCUT2D eigenvalue weighted by atomic mass is 19.1. The summed E-state index contributed by atoms with van der Waals surface area (Å²) in [4.78, 5) is 13.0. The van der Waals surface area contributed by atoms with E-state index in [9.17, 15) is 13.6 Å². The Morgan fingerprint density at radius 3 is 2.48 bits per heavy atom. The predicted molar refractivity (Wildman–Crippen MR) is 117 cm³/mol. The Kier molecular flexibility index (Phi) is 6.15. The lowest BCUT2D eigenvalue weighted by molar-refractivity contribution is 0.419. The number of hydrogen-bond acceptors (Lipinski definition) is 3. The van der Waals surface area contributed by atoms with Crippen LogP contribution in [0, 0.1) is 18.6 Å². The molecule has 4 nitrogen and oxygen atoms in total. The molecule has 1 aromatic carbocycles. The fraction of sp³-hybridized carbons (Fsp3) is 0.292. The molecule has 2 aromatic rings. The summed E-state index contributed by atoms with van der Waals surface area (Å²) >= 11 is 0. The second-order valence-corrected chi connectivity index (χ2v) is 7.70. The number of allylic oxidation sites excluding steroid dienone is 3. The molecule has 164 valence electrons. The molecule has 0 aliphatic heterocycles. The minimum absolute atomic E-state index is 0.0544. The largest absolute Gasteiger partial charge is 0.461 e. The van der Waals surface area contributed by atoms with Gasteiger partial charge in [0.25, 0.3) is 5.56 Å². The van der Waals surface area contributed by atoms with Crippen LogP contribution in [0.25, 0.3) is 11.6 Å². The molecular weight excluding hydrogens is 405 g/mol. The van der Waals surface area contributed by atoms with E-state index >= 15 is 4.39 Å². The number of benzene rings is 1. The topological polar surface area (TPSA) is 57.2 Å². The molecule has 0 radical (unpaired) electrons. The van der Waals surface area contributed by atoms with Gasteiger partial charge in [-0.3, -0.25) is 4.79 Å². The molecular formula is C24H25F3N2O2. The zero-order valence-corrected chi connectivity index (χ0v) is 17.8. The standard InChI is InChI=1S/C24H25F3N2O2/c1-6-16-23(31-12(2)3)18(14(5)29(24(16)30)15-7-8-15)10-19(25)13(4)17-9-21(27)22(28)11-20(17)26/h9-11,15H,2,4,6-8,28H2,1,3,5H3/b19-10+. The van der Waals surface area contributed by atoms with E-state index in [0.717, 1.165) is 31.1 Å². The number of ether oxygens (including phenoxy) is 1. The maximum atomic E-state index is 15.2. The average molecular weight is 430 g/mol. The number of nitrogens with two attached hydrogens (primary N) is 1. The lowest BCUT2D eigenvalue weighted by Crippen LogP contribution is -2.27. The van der Waals surface area contributed by atoms with Gasteiger partial charge in [-0.2, -0.15) is 0 Å². The van der Waals surface area contributed by atoms with Gasteiger partial charge in [0, 0.05) is 34.5 Å². The smallest absolute Gasteiger partial charge is 0.257 e. The van der Waals surface area contributed by atoms with Crippen molar-refractivity contribution in [1.82, 2.24) is 4.57 Å². The zero-order valence-electron chi connectivity index (χ0n) is 17.8. The number of hydrogen-bond donors (Lipinski definition) is 1. The molecule has 0 amide bonds. The van der Waals surface area contributed by atoms with Crippen LogP contribution >= 0.6 is 0 Å². The average Bonchev–Trinajstić information content (AvgIpc) is 3.52. The molecule has 1 aromatic heterocycles. The van der Waals surface area contributed by atoms with Gasteiger partial charge in [0.1, 0.15) is 23.2 Å². The molecule has 0 saturated heterocycles. The molecule has 1 aliphatic carbocycles. The lowest BCUT2D eigenvalue weighted by Gasteiger charge is -2.20. The molecule has 31 heavy (non-hydrogen) atoms. The first-order valence-electron chi connectivity index (χ1n) is 9.99. The number of aromatic nitrogens is 1. The second kappa shape index (κ2) is 8.49. The highest BCUT2D eigenvalue weighted by Gasteiger charge is 2.30. The van der Waals surface area contributed by atoms with Crippen molar-refractivity contribution in [3.05, 3.63) is 81.2 Å². The number of nitrogens with zero attached hydrogens (tertiary/aromatic N) is 1. The van der Waals surface area contributed by atoms with Gasteiger partial charge in [0.05, 0.1) is 17.0 Å². The summed E-state index contributed by atoms with van der Waals surface area (Å²) in [6.45, 7) is 12.4. The van der Waals surface area contributed by atoms with Crippen molar-refractivity contribution in [3.8, 4) is 5.75 Å². The number of halogens is 3. The summed E-state index contributed by atoms with van der Waals surface area (Å²) < 4.78 is 50.7. The van der Waals surface area contributed by atoms with Crippen LogP contribution < -0.4 is 16.0 Å². The van der Waals surface area contributed by atoms with E-state index < -0.39 is 17.5 Å². The summed E-state index contributed by atoms with van der Waals surface area (Å²) in [7, 11) is 0. The van der Waals surface area contributed by atoms with Crippen molar-refractivity contribution in [2.75, 3.05) is 5.73 Å². The van der Waals surface area contributed by atoms with Crippen LogP contribution in [0.2, 0.25) is 0 Å². The summed E-state index contributed by atoms with van der Waals surface area (Å²) in [5, 5.41) is 0. The van der Waals surface area contributed by atoms with Gasteiger partial charge in [0.15, 0.2) is 0 Å². The highest BCUT2D eigenvalue weighted by Crippen LogP contribution is 2.39. The first-order valence-corrected chi connectivity index (χ1v) is 9.99. The fourth-order valence-electron chi connectivity index (χ4n) is 3.53. The molecule has 0 atom stereocenters. The van der Waals surface area contributed by atoms with Gasteiger partial charge < -0.3 is 15.0 Å². The Bertz CT molecular complexity index is 1170. The molecule has 7 heteroatoms. The molecule has 0 spiro atoms. The molecule has 1 aliphatic rings. The van der Waals surface area contributed by atoms with Gasteiger partial charge >= 0.3 is 0 Å². The van der Waals surface area contributed by atoms with Crippen LogP contribution in [0.3, 0.4) is 0 Å². The van der Waals surface area contributed by atoms with Gasteiger partial charge in [-0.05, 0) is 45.3 Å². The third kappa shape index (κ3) is 4.31. The van der Waals surface area contributed by atoms with Crippen LogP contribution in [-0.4, -0.2) is 4.57 Å². The number of pyridine rings is 1. The van der Waals surface area contributed by atoms with Crippen molar-refractivity contribution in [2.24, 2.45) is 0 Å². The van der Waals surface area contributed by atoms with Crippen LogP contribution in [0.5, 0.6) is 5.75 Å². The lowest BCUT2D eigenvalue weighted by atomic mass is 10.0. The van der Waals surface area contributed by atoms with E-state index in [4.69, 9.17) is 10.5 Å². The molecule has 3 rings (SSSR count). The van der Waals surface area contributed by atoms with E-state index in [-0.39, 0.29) is 34.2 Å². The van der Waals surface area contributed by atoms with Crippen LogP contribution in [-0.2, 0) is 6.42 Å². The molecule has 1 saturated carbocycles.